The Hall–Kier alpha value is -0.410. The van der Waals surface area contributed by atoms with Crippen molar-refractivity contribution in [1.29, 1.82) is 0 Å². The largest absolute Gasteiger partial charge is 0.390 e. The molecule has 0 aliphatic heterocycles. The molecule has 0 aromatic carbocycles. The van der Waals surface area contributed by atoms with Crippen LogP contribution in [0.1, 0.15) is 47.0 Å². The van der Waals surface area contributed by atoms with Crippen molar-refractivity contribution in [1.82, 2.24) is 0 Å². The SMILES string of the molecule is CC1CC(=O)C2C3(C)CCC(C(C)(C)O)C2(O)C13. The van der Waals surface area contributed by atoms with Crippen LogP contribution in [0.2, 0.25) is 0 Å². The third kappa shape index (κ3) is 1.16. The van der Waals surface area contributed by atoms with Crippen LogP contribution >= 0.6 is 0 Å². The Morgan fingerprint density at radius 1 is 1.39 bits per heavy atom. The molecule has 6 unspecified atom stereocenters. The van der Waals surface area contributed by atoms with Crippen molar-refractivity contribution < 1.29 is 15.0 Å². The van der Waals surface area contributed by atoms with Gasteiger partial charge < -0.3 is 10.2 Å². The van der Waals surface area contributed by atoms with E-state index in [0.29, 0.717) is 6.42 Å². The monoisotopic (exact) mass is 252 g/mol. The third-order valence-electron chi connectivity index (χ3n) is 6.13. The van der Waals surface area contributed by atoms with Crippen LogP contribution in [0, 0.1) is 29.1 Å². The first-order chi connectivity index (χ1) is 8.13. The van der Waals surface area contributed by atoms with Crippen molar-refractivity contribution in [3.05, 3.63) is 0 Å². The zero-order valence-electron chi connectivity index (χ0n) is 11.7. The van der Waals surface area contributed by atoms with Crippen LogP contribution in [-0.2, 0) is 4.79 Å². The van der Waals surface area contributed by atoms with Gasteiger partial charge in [0.15, 0.2) is 0 Å². The second-order valence-electron chi connectivity index (χ2n) is 7.70. The summed E-state index contributed by atoms with van der Waals surface area (Å²) in [6.07, 6.45) is 2.38. The number of hydrogen-bond donors (Lipinski definition) is 2. The van der Waals surface area contributed by atoms with Gasteiger partial charge in [0.2, 0.25) is 0 Å². The Labute approximate surface area is 109 Å². The summed E-state index contributed by atoms with van der Waals surface area (Å²) in [5.74, 6) is 0.217. The van der Waals surface area contributed by atoms with Crippen LogP contribution in [0.15, 0.2) is 0 Å². The second kappa shape index (κ2) is 3.18. The molecule has 3 nitrogen and oxygen atoms in total. The summed E-state index contributed by atoms with van der Waals surface area (Å²) in [6, 6.07) is 0. The van der Waals surface area contributed by atoms with Crippen molar-refractivity contribution in [2.75, 3.05) is 0 Å². The first-order valence-electron chi connectivity index (χ1n) is 7.11. The highest BCUT2D eigenvalue weighted by molar-refractivity contribution is 5.87. The molecule has 0 aromatic heterocycles. The van der Waals surface area contributed by atoms with E-state index in [0.717, 1.165) is 12.8 Å². The Balaban J connectivity index is 2.08. The maximum atomic E-state index is 12.3. The number of hydrogen-bond acceptors (Lipinski definition) is 3. The van der Waals surface area contributed by atoms with E-state index in [1.54, 1.807) is 13.8 Å². The van der Waals surface area contributed by atoms with Crippen LogP contribution < -0.4 is 0 Å². The molecule has 4 fully saturated rings. The van der Waals surface area contributed by atoms with Gasteiger partial charge in [0.05, 0.1) is 17.1 Å². The van der Waals surface area contributed by atoms with Gasteiger partial charge in [-0.3, -0.25) is 4.79 Å². The summed E-state index contributed by atoms with van der Waals surface area (Å²) in [5.41, 5.74) is -1.89. The van der Waals surface area contributed by atoms with Crippen LogP contribution in [0.3, 0.4) is 0 Å². The Bertz CT molecular complexity index is 406. The molecule has 4 saturated carbocycles. The zero-order valence-corrected chi connectivity index (χ0v) is 11.7. The Morgan fingerprint density at radius 3 is 2.50 bits per heavy atom. The standard InChI is InChI=1S/C15H24O3/c1-8-7-9(16)12-14(4)6-5-10(13(2,3)17)15(12,18)11(8)14/h8,10-12,17-18H,5-7H2,1-4H3. The number of Topliss-reactive ketones (excluding diaryl/α,β-unsaturated/α-hetero) is 1. The number of rotatable bonds is 1. The summed E-state index contributed by atoms with van der Waals surface area (Å²) in [4.78, 5) is 12.3. The molecule has 4 bridgehead atoms. The molecular weight excluding hydrogens is 228 g/mol. The fourth-order valence-electron chi connectivity index (χ4n) is 5.93. The fraction of sp³-hybridized carbons (Fsp3) is 0.933. The van der Waals surface area contributed by atoms with E-state index in [1.807, 2.05) is 0 Å². The number of carbonyl (C=O) groups excluding carboxylic acids is 1. The number of carbonyl (C=O) groups is 1. The molecule has 4 aliphatic carbocycles. The fourth-order valence-corrected chi connectivity index (χ4v) is 5.93. The lowest BCUT2D eigenvalue weighted by Gasteiger charge is -2.76. The van der Waals surface area contributed by atoms with Crippen molar-refractivity contribution in [2.45, 2.75) is 58.2 Å². The number of ketones is 1. The van der Waals surface area contributed by atoms with E-state index < -0.39 is 11.2 Å². The number of fused-ring (bicyclic) bond motifs is 2. The lowest BCUT2D eigenvalue weighted by molar-refractivity contribution is -0.338. The minimum atomic E-state index is -0.958. The summed E-state index contributed by atoms with van der Waals surface area (Å²) >= 11 is 0. The highest BCUT2D eigenvalue weighted by Crippen LogP contribution is 2.74. The smallest absolute Gasteiger partial charge is 0.139 e. The van der Waals surface area contributed by atoms with Crippen molar-refractivity contribution >= 4 is 5.78 Å². The molecule has 6 atom stereocenters. The van der Waals surface area contributed by atoms with Gasteiger partial charge in [0, 0.05) is 12.3 Å². The van der Waals surface area contributed by atoms with Crippen LogP contribution in [0.25, 0.3) is 0 Å². The molecule has 102 valence electrons. The Morgan fingerprint density at radius 2 is 2.00 bits per heavy atom. The summed E-state index contributed by atoms with van der Waals surface area (Å²) in [7, 11) is 0. The Kier molecular flexibility index (Phi) is 2.23. The molecule has 0 radical (unpaired) electrons. The van der Waals surface area contributed by atoms with Gasteiger partial charge in [0.25, 0.3) is 0 Å². The van der Waals surface area contributed by atoms with E-state index in [2.05, 4.69) is 13.8 Å². The summed E-state index contributed by atoms with van der Waals surface area (Å²) < 4.78 is 0. The quantitative estimate of drug-likeness (QED) is 0.747. The van der Waals surface area contributed by atoms with E-state index >= 15 is 0 Å². The molecule has 0 aromatic rings. The van der Waals surface area contributed by atoms with Gasteiger partial charge in [-0.15, -0.1) is 0 Å². The summed E-state index contributed by atoms with van der Waals surface area (Å²) in [5, 5.41) is 21.5. The molecule has 4 rings (SSSR count). The molecule has 2 N–H and O–H groups in total. The topological polar surface area (TPSA) is 57.5 Å². The molecule has 18 heavy (non-hydrogen) atoms. The molecule has 0 heterocycles. The molecular formula is C15H24O3. The van der Waals surface area contributed by atoms with E-state index in [9.17, 15) is 15.0 Å². The molecule has 0 amide bonds. The second-order valence-corrected chi connectivity index (χ2v) is 7.70. The minimum absolute atomic E-state index is 0.0226. The van der Waals surface area contributed by atoms with Gasteiger partial charge >= 0.3 is 0 Å². The van der Waals surface area contributed by atoms with Crippen molar-refractivity contribution in [3.63, 3.8) is 0 Å². The highest BCUT2D eigenvalue weighted by atomic mass is 16.3. The first kappa shape index (κ1) is 12.6. The highest BCUT2D eigenvalue weighted by Gasteiger charge is 2.79. The third-order valence-corrected chi connectivity index (χ3v) is 6.13. The lowest BCUT2D eigenvalue weighted by atomic mass is 9.29. The van der Waals surface area contributed by atoms with Gasteiger partial charge in [-0.05, 0) is 43.9 Å². The van der Waals surface area contributed by atoms with Crippen LogP contribution in [-0.4, -0.2) is 27.2 Å². The van der Waals surface area contributed by atoms with Crippen LogP contribution in [0.5, 0.6) is 0 Å². The van der Waals surface area contributed by atoms with Gasteiger partial charge in [-0.25, -0.2) is 0 Å². The predicted octanol–water partition coefficient (Wildman–Crippen LogP) is 1.76. The molecule has 4 aliphatic rings. The molecule has 3 heteroatoms. The van der Waals surface area contributed by atoms with Gasteiger partial charge in [-0.1, -0.05) is 13.8 Å². The van der Waals surface area contributed by atoms with Crippen LogP contribution in [0.4, 0.5) is 0 Å². The molecule has 0 spiro atoms. The van der Waals surface area contributed by atoms with E-state index in [-0.39, 0.29) is 34.9 Å². The normalized spacial score (nSPS) is 55.1. The van der Waals surface area contributed by atoms with E-state index in [4.69, 9.17) is 0 Å². The van der Waals surface area contributed by atoms with Crippen molar-refractivity contribution in [3.8, 4) is 0 Å². The van der Waals surface area contributed by atoms with Gasteiger partial charge in [-0.2, -0.15) is 0 Å². The first-order valence-corrected chi connectivity index (χ1v) is 7.11. The maximum absolute atomic E-state index is 12.3. The summed E-state index contributed by atoms with van der Waals surface area (Å²) in [6.45, 7) is 7.77. The predicted molar refractivity (Wildman–Crippen MR) is 67.8 cm³/mol. The van der Waals surface area contributed by atoms with Crippen molar-refractivity contribution in [2.24, 2.45) is 29.1 Å². The molecule has 0 saturated heterocycles. The van der Waals surface area contributed by atoms with E-state index in [1.165, 1.54) is 0 Å². The minimum Gasteiger partial charge on any atom is -0.390 e. The average molecular weight is 252 g/mol. The lowest BCUT2D eigenvalue weighted by Crippen LogP contribution is -2.82. The number of aliphatic hydroxyl groups is 2. The maximum Gasteiger partial charge on any atom is 0.139 e. The zero-order chi connectivity index (χ0) is 13.5. The average Bonchev–Trinajstić information content (AvgIpc) is 2.11. The van der Waals surface area contributed by atoms with Gasteiger partial charge in [0.1, 0.15) is 5.78 Å².